The fourth-order valence-corrected chi connectivity index (χ4v) is 2.16. The summed E-state index contributed by atoms with van der Waals surface area (Å²) in [5.41, 5.74) is 5.89. The molecular weight excluding hydrogens is 228 g/mol. The zero-order valence-corrected chi connectivity index (χ0v) is 11.0. The number of nitrogens with one attached hydrogen (secondary N) is 1. The Kier molecular flexibility index (Phi) is 6.59. The van der Waals surface area contributed by atoms with E-state index >= 15 is 0 Å². The summed E-state index contributed by atoms with van der Waals surface area (Å²) in [6, 6.07) is -0.112. The summed E-state index contributed by atoms with van der Waals surface area (Å²) >= 11 is 0. The smallest absolute Gasteiger partial charge is 0.235 e. The highest BCUT2D eigenvalue weighted by molar-refractivity contribution is 7.91. The number of sulfone groups is 1. The predicted octanol–water partition coefficient (Wildman–Crippen LogP) is -0.0893. The van der Waals surface area contributed by atoms with Crippen LogP contribution in [0.15, 0.2) is 0 Å². The van der Waals surface area contributed by atoms with Crippen LogP contribution >= 0.6 is 0 Å². The van der Waals surface area contributed by atoms with Crippen LogP contribution in [-0.2, 0) is 14.6 Å². The maximum absolute atomic E-state index is 11.2. The fraction of sp³-hybridized carbons (Fsp3) is 0.900. The van der Waals surface area contributed by atoms with E-state index < -0.39 is 21.5 Å². The first-order chi connectivity index (χ1) is 7.30. The third kappa shape index (κ3) is 6.79. The van der Waals surface area contributed by atoms with E-state index in [0.717, 1.165) is 19.1 Å². The predicted molar refractivity (Wildman–Crippen MR) is 64.8 cm³/mol. The molecule has 16 heavy (non-hydrogen) atoms. The van der Waals surface area contributed by atoms with E-state index in [1.165, 1.54) is 0 Å². The van der Waals surface area contributed by atoms with E-state index in [0.29, 0.717) is 12.5 Å². The molecule has 0 aliphatic carbocycles. The van der Waals surface area contributed by atoms with Crippen LogP contribution in [-0.4, -0.2) is 38.9 Å². The largest absolute Gasteiger partial charge is 0.354 e. The van der Waals surface area contributed by atoms with Gasteiger partial charge in [0.1, 0.15) is 5.75 Å². The van der Waals surface area contributed by atoms with Crippen molar-refractivity contribution in [3.05, 3.63) is 0 Å². The minimum atomic E-state index is -3.26. The van der Waals surface area contributed by atoms with Crippen molar-refractivity contribution < 1.29 is 13.2 Å². The second-order valence-corrected chi connectivity index (χ2v) is 6.25. The molecule has 1 amide bonds. The van der Waals surface area contributed by atoms with Crippen molar-refractivity contribution in [2.75, 3.05) is 18.6 Å². The summed E-state index contributed by atoms with van der Waals surface area (Å²) in [4.78, 5) is 11.2. The number of carbonyl (C=O) groups excluding carboxylic acids is 1. The van der Waals surface area contributed by atoms with Gasteiger partial charge >= 0.3 is 0 Å². The molecule has 0 saturated heterocycles. The van der Waals surface area contributed by atoms with Crippen molar-refractivity contribution in [3.8, 4) is 0 Å². The number of carbonyl (C=O) groups is 1. The zero-order valence-electron chi connectivity index (χ0n) is 10.2. The SMILES string of the molecule is CCC(CC)C(N)CNC(=O)CS(C)(=O)=O. The lowest BCUT2D eigenvalue weighted by molar-refractivity contribution is -0.118. The maximum atomic E-state index is 11.2. The van der Waals surface area contributed by atoms with E-state index in [-0.39, 0.29) is 6.04 Å². The van der Waals surface area contributed by atoms with Gasteiger partial charge in [0.2, 0.25) is 5.91 Å². The molecule has 3 N–H and O–H groups in total. The van der Waals surface area contributed by atoms with Crippen LogP contribution in [0.1, 0.15) is 26.7 Å². The van der Waals surface area contributed by atoms with Gasteiger partial charge in [-0.15, -0.1) is 0 Å². The third-order valence-corrected chi connectivity index (χ3v) is 3.37. The van der Waals surface area contributed by atoms with Crippen LogP contribution in [0.5, 0.6) is 0 Å². The lowest BCUT2D eigenvalue weighted by atomic mass is 9.95. The summed E-state index contributed by atoms with van der Waals surface area (Å²) in [5, 5.41) is 2.54. The van der Waals surface area contributed by atoms with Gasteiger partial charge in [0.25, 0.3) is 0 Å². The molecule has 0 aromatic heterocycles. The lowest BCUT2D eigenvalue weighted by Crippen LogP contribution is -2.43. The van der Waals surface area contributed by atoms with Crippen LogP contribution in [0.4, 0.5) is 0 Å². The van der Waals surface area contributed by atoms with Crippen molar-refractivity contribution in [1.29, 1.82) is 0 Å². The van der Waals surface area contributed by atoms with E-state index in [4.69, 9.17) is 5.73 Å². The third-order valence-electron chi connectivity index (χ3n) is 2.58. The molecule has 6 heteroatoms. The monoisotopic (exact) mass is 250 g/mol. The quantitative estimate of drug-likeness (QED) is 0.661. The average molecular weight is 250 g/mol. The Hall–Kier alpha value is -0.620. The second kappa shape index (κ2) is 6.85. The Balaban J connectivity index is 4.01. The molecule has 0 rings (SSSR count). The molecule has 0 heterocycles. The van der Waals surface area contributed by atoms with Crippen LogP contribution in [0.3, 0.4) is 0 Å². The first-order valence-electron chi connectivity index (χ1n) is 5.50. The zero-order chi connectivity index (χ0) is 12.8. The molecule has 0 saturated carbocycles. The topological polar surface area (TPSA) is 89.3 Å². The second-order valence-electron chi connectivity index (χ2n) is 4.11. The van der Waals surface area contributed by atoms with Gasteiger partial charge in [-0.1, -0.05) is 26.7 Å². The minimum absolute atomic E-state index is 0.112. The van der Waals surface area contributed by atoms with Gasteiger partial charge in [-0.2, -0.15) is 0 Å². The standard InChI is InChI=1S/C10H22N2O3S/c1-4-8(5-2)9(11)6-12-10(13)7-16(3,14)15/h8-9H,4-7,11H2,1-3H3,(H,12,13). The number of rotatable bonds is 7. The Labute approximate surface area is 97.7 Å². The van der Waals surface area contributed by atoms with E-state index in [2.05, 4.69) is 5.32 Å². The number of hydrogen-bond acceptors (Lipinski definition) is 4. The summed E-state index contributed by atoms with van der Waals surface area (Å²) in [6.45, 7) is 4.43. The average Bonchev–Trinajstić information content (AvgIpc) is 2.14. The molecule has 1 atom stereocenters. The molecule has 0 spiro atoms. The molecule has 0 aromatic carbocycles. The van der Waals surface area contributed by atoms with Crippen molar-refractivity contribution in [2.24, 2.45) is 11.7 Å². The highest BCUT2D eigenvalue weighted by atomic mass is 32.2. The summed E-state index contributed by atoms with van der Waals surface area (Å²) < 4.78 is 21.7. The van der Waals surface area contributed by atoms with Crippen molar-refractivity contribution in [1.82, 2.24) is 5.32 Å². The molecule has 0 bridgehead atoms. The molecule has 5 nitrogen and oxygen atoms in total. The Morgan fingerprint density at radius 1 is 1.31 bits per heavy atom. The minimum Gasteiger partial charge on any atom is -0.354 e. The van der Waals surface area contributed by atoms with Gasteiger partial charge in [0.05, 0.1) is 0 Å². The summed E-state index contributed by atoms with van der Waals surface area (Å²) in [5.74, 6) is -0.592. The molecule has 0 aromatic rings. The first-order valence-corrected chi connectivity index (χ1v) is 7.56. The number of nitrogens with two attached hydrogens (primary N) is 1. The molecule has 0 radical (unpaired) electrons. The maximum Gasteiger partial charge on any atom is 0.235 e. The fourth-order valence-electron chi connectivity index (χ4n) is 1.58. The number of hydrogen-bond donors (Lipinski definition) is 2. The lowest BCUT2D eigenvalue weighted by Gasteiger charge is -2.21. The van der Waals surface area contributed by atoms with Gasteiger partial charge in [0, 0.05) is 18.8 Å². The molecule has 0 fully saturated rings. The van der Waals surface area contributed by atoms with E-state index in [1.54, 1.807) is 0 Å². The van der Waals surface area contributed by atoms with E-state index in [9.17, 15) is 13.2 Å². The van der Waals surface area contributed by atoms with Gasteiger partial charge in [-0.05, 0) is 5.92 Å². The Morgan fingerprint density at radius 2 is 1.81 bits per heavy atom. The van der Waals surface area contributed by atoms with Gasteiger partial charge in [-0.25, -0.2) is 8.42 Å². The normalized spacial score (nSPS) is 13.8. The molecular formula is C10H22N2O3S. The van der Waals surface area contributed by atoms with Crippen molar-refractivity contribution in [2.45, 2.75) is 32.7 Å². The molecule has 0 aliphatic heterocycles. The summed E-state index contributed by atoms with van der Waals surface area (Å²) in [6.07, 6.45) is 2.95. The Morgan fingerprint density at radius 3 is 2.19 bits per heavy atom. The first kappa shape index (κ1) is 15.4. The van der Waals surface area contributed by atoms with Crippen molar-refractivity contribution in [3.63, 3.8) is 0 Å². The molecule has 1 unspecified atom stereocenters. The number of amides is 1. The van der Waals surface area contributed by atoms with Gasteiger partial charge in [0.15, 0.2) is 9.84 Å². The van der Waals surface area contributed by atoms with Crippen LogP contribution in [0, 0.1) is 5.92 Å². The van der Waals surface area contributed by atoms with Crippen LogP contribution in [0.25, 0.3) is 0 Å². The van der Waals surface area contributed by atoms with Gasteiger partial charge in [-0.3, -0.25) is 4.79 Å². The molecule has 96 valence electrons. The van der Waals surface area contributed by atoms with E-state index in [1.807, 2.05) is 13.8 Å². The summed E-state index contributed by atoms with van der Waals surface area (Å²) in [7, 11) is -3.26. The van der Waals surface area contributed by atoms with Crippen LogP contribution in [0.2, 0.25) is 0 Å². The van der Waals surface area contributed by atoms with Crippen molar-refractivity contribution >= 4 is 15.7 Å². The highest BCUT2D eigenvalue weighted by Crippen LogP contribution is 2.10. The van der Waals surface area contributed by atoms with Gasteiger partial charge < -0.3 is 11.1 Å². The Bertz CT molecular complexity index is 310. The highest BCUT2D eigenvalue weighted by Gasteiger charge is 2.16. The molecule has 0 aliphatic rings. The van der Waals surface area contributed by atoms with Crippen LogP contribution < -0.4 is 11.1 Å².